The predicted octanol–water partition coefficient (Wildman–Crippen LogP) is 2.77. The fraction of sp³-hybridized carbons (Fsp3) is 0.333. The van der Waals surface area contributed by atoms with E-state index in [1.54, 1.807) is 15.7 Å². The van der Waals surface area contributed by atoms with Gasteiger partial charge in [0, 0.05) is 17.3 Å². The van der Waals surface area contributed by atoms with Gasteiger partial charge in [0.1, 0.15) is 5.01 Å². The standard InChI is InChI=1S/C15H16N6OS/c1-9-8-23-13(16-9)12(10-5-6-10)17-15(22)18-14-20-19-11-4-2-3-7-21(11)14/h2-4,7-8,10,12H,5-6H2,1H3,(H2,17,18,20,22)/t12-/m0/s1. The fourth-order valence-electron chi connectivity index (χ4n) is 2.53. The first-order valence-corrected chi connectivity index (χ1v) is 8.38. The van der Waals surface area contributed by atoms with E-state index in [0.717, 1.165) is 23.5 Å². The summed E-state index contributed by atoms with van der Waals surface area (Å²) >= 11 is 1.59. The number of fused-ring (bicyclic) bond motifs is 1. The Morgan fingerprint density at radius 2 is 2.26 bits per heavy atom. The van der Waals surface area contributed by atoms with Gasteiger partial charge in [-0.2, -0.15) is 0 Å². The van der Waals surface area contributed by atoms with Crippen LogP contribution in [0.15, 0.2) is 29.8 Å². The van der Waals surface area contributed by atoms with Gasteiger partial charge < -0.3 is 5.32 Å². The minimum absolute atomic E-state index is 0.0344. The van der Waals surface area contributed by atoms with Crippen LogP contribution in [0.5, 0.6) is 0 Å². The van der Waals surface area contributed by atoms with Gasteiger partial charge in [-0.05, 0) is 37.8 Å². The van der Waals surface area contributed by atoms with Gasteiger partial charge in [0.25, 0.3) is 0 Å². The van der Waals surface area contributed by atoms with E-state index in [1.807, 2.05) is 36.7 Å². The minimum Gasteiger partial charge on any atom is -0.328 e. The van der Waals surface area contributed by atoms with Crippen molar-refractivity contribution in [2.24, 2.45) is 5.92 Å². The van der Waals surface area contributed by atoms with Crippen molar-refractivity contribution in [3.63, 3.8) is 0 Å². The lowest BCUT2D eigenvalue weighted by molar-refractivity contribution is 0.247. The van der Waals surface area contributed by atoms with Gasteiger partial charge in [-0.15, -0.1) is 21.5 Å². The Balaban J connectivity index is 1.50. The first-order valence-electron chi connectivity index (χ1n) is 7.50. The smallest absolute Gasteiger partial charge is 0.322 e. The Morgan fingerprint density at radius 1 is 1.39 bits per heavy atom. The van der Waals surface area contributed by atoms with Crippen molar-refractivity contribution >= 4 is 29.0 Å². The van der Waals surface area contributed by atoms with Crippen molar-refractivity contribution < 1.29 is 4.79 Å². The average Bonchev–Trinajstić information content (AvgIpc) is 3.18. The molecule has 2 amide bonds. The quantitative estimate of drug-likeness (QED) is 0.771. The summed E-state index contributed by atoms with van der Waals surface area (Å²) in [6.45, 7) is 1.96. The minimum atomic E-state index is -0.284. The number of rotatable bonds is 4. The van der Waals surface area contributed by atoms with Crippen molar-refractivity contribution in [1.29, 1.82) is 0 Å². The van der Waals surface area contributed by atoms with Gasteiger partial charge in [-0.1, -0.05) is 6.07 Å². The zero-order valence-corrected chi connectivity index (χ0v) is 13.4. The summed E-state index contributed by atoms with van der Waals surface area (Å²) in [5.41, 5.74) is 1.68. The van der Waals surface area contributed by atoms with E-state index in [4.69, 9.17) is 0 Å². The third-order valence-corrected chi connectivity index (χ3v) is 4.87. The monoisotopic (exact) mass is 328 g/mol. The molecule has 23 heavy (non-hydrogen) atoms. The molecule has 0 saturated heterocycles. The van der Waals surface area contributed by atoms with Gasteiger partial charge in [0.05, 0.1) is 6.04 Å². The van der Waals surface area contributed by atoms with Crippen LogP contribution in [0.25, 0.3) is 5.65 Å². The number of thiazole rings is 1. The molecular weight excluding hydrogens is 312 g/mol. The van der Waals surface area contributed by atoms with Crippen LogP contribution >= 0.6 is 11.3 Å². The molecule has 0 aliphatic heterocycles. The summed E-state index contributed by atoms with van der Waals surface area (Å²) in [7, 11) is 0. The summed E-state index contributed by atoms with van der Waals surface area (Å²) < 4.78 is 1.74. The highest BCUT2D eigenvalue weighted by Crippen LogP contribution is 2.41. The topological polar surface area (TPSA) is 84.2 Å². The Bertz CT molecular complexity index is 852. The van der Waals surface area contributed by atoms with Crippen molar-refractivity contribution in [3.05, 3.63) is 40.5 Å². The molecule has 1 atom stereocenters. The van der Waals surface area contributed by atoms with Gasteiger partial charge in [0.2, 0.25) is 5.95 Å². The van der Waals surface area contributed by atoms with Gasteiger partial charge in [-0.25, -0.2) is 9.78 Å². The molecule has 1 aliphatic carbocycles. The Kier molecular flexibility index (Phi) is 3.45. The molecule has 4 rings (SSSR count). The summed E-state index contributed by atoms with van der Waals surface area (Å²) in [6, 6.07) is 5.26. The number of hydrogen-bond acceptors (Lipinski definition) is 5. The molecule has 0 unspecified atom stereocenters. The van der Waals surface area contributed by atoms with Gasteiger partial charge in [0.15, 0.2) is 5.65 Å². The number of carbonyl (C=O) groups is 1. The normalized spacial score (nSPS) is 15.5. The zero-order chi connectivity index (χ0) is 15.8. The molecule has 3 aromatic rings. The summed E-state index contributed by atoms with van der Waals surface area (Å²) in [5, 5.41) is 16.8. The highest BCUT2D eigenvalue weighted by Gasteiger charge is 2.35. The largest absolute Gasteiger partial charge is 0.328 e. The second kappa shape index (κ2) is 5.62. The molecule has 0 aromatic carbocycles. The Hall–Kier alpha value is -2.48. The van der Waals surface area contributed by atoms with E-state index in [-0.39, 0.29) is 12.1 Å². The van der Waals surface area contributed by atoms with Crippen molar-refractivity contribution in [2.45, 2.75) is 25.8 Å². The van der Waals surface area contributed by atoms with E-state index in [2.05, 4.69) is 25.8 Å². The van der Waals surface area contributed by atoms with Crippen LogP contribution in [0.4, 0.5) is 10.7 Å². The van der Waals surface area contributed by atoms with Crippen molar-refractivity contribution in [1.82, 2.24) is 24.9 Å². The maximum Gasteiger partial charge on any atom is 0.322 e. The number of aryl methyl sites for hydroxylation is 1. The molecular formula is C15H16N6OS. The van der Waals surface area contributed by atoms with E-state index in [0.29, 0.717) is 17.5 Å². The third-order valence-electron chi connectivity index (χ3n) is 3.82. The van der Waals surface area contributed by atoms with Crippen LogP contribution in [-0.2, 0) is 0 Å². The Labute approximate surface area is 136 Å². The highest BCUT2D eigenvalue weighted by atomic mass is 32.1. The Morgan fingerprint density at radius 3 is 3.00 bits per heavy atom. The maximum absolute atomic E-state index is 12.4. The van der Waals surface area contributed by atoms with E-state index < -0.39 is 0 Å². The first kappa shape index (κ1) is 14.1. The van der Waals surface area contributed by atoms with E-state index >= 15 is 0 Å². The molecule has 7 nitrogen and oxygen atoms in total. The average molecular weight is 328 g/mol. The number of hydrogen-bond donors (Lipinski definition) is 2. The molecule has 3 aromatic heterocycles. The van der Waals surface area contributed by atoms with Crippen LogP contribution in [0, 0.1) is 12.8 Å². The summed E-state index contributed by atoms with van der Waals surface area (Å²) in [4.78, 5) is 16.9. The number of amides is 2. The maximum atomic E-state index is 12.4. The van der Waals surface area contributed by atoms with Crippen molar-refractivity contribution in [2.75, 3.05) is 5.32 Å². The second-order valence-corrected chi connectivity index (χ2v) is 6.58. The molecule has 0 spiro atoms. The summed E-state index contributed by atoms with van der Waals surface area (Å²) in [5.74, 6) is 0.879. The number of aromatic nitrogens is 4. The molecule has 2 N–H and O–H groups in total. The summed E-state index contributed by atoms with van der Waals surface area (Å²) in [6.07, 6.45) is 4.06. The van der Waals surface area contributed by atoms with Crippen LogP contribution in [-0.4, -0.2) is 25.6 Å². The third kappa shape index (κ3) is 2.89. The number of pyridine rings is 1. The number of nitrogens with zero attached hydrogens (tertiary/aromatic N) is 4. The SMILES string of the molecule is Cc1csc([C@@H](NC(=O)Nc2nnc3ccccn23)C2CC2)n1. The van der Waals surface area contributed by atoms with Gasteiger partial charge >= 0.3 is 6.03 Å². The molecule has 8 heteroatoms. The predicted molar refractivity (Wildman–Crippen MR) is 87.5 cm³/mol. The lowest BCUT2D eigenvalue weighted by Crippen LogP contribution is -2.34. The highest BCUT2D eigenvalue weighted by molar-refractivity contribution is 7.09. The zero-order valence-electron chi connectivity index (χ0n) is 12.6. The second-order valence-electron chi connectivity index (χ2n) is 5.69. The first-order chi connectivity index (χ1) is 11.2. The lowest BCUT2D eigenvalue weighted by atomic mass is 10.2. The van der Waals surface area contributed by atoms with Crippen LogP contribution in [0.1, 0.15) is 29.6 Å². The number of urea groups is 1. The molecule has 0 radical (unpaired) electrons. The van der Waals surface area contributed by atoms with Crippen LogP contribution in [0.2, 0.25) is 0 Å². The number of carbonyl (C=O) groups excluding carboxylic acids is 1. The van der Waals surface area contributed by atoms with Crippen LogP contribution < -0.4 is 10.6 Å². The van der Waals surface area contributed by atoms with E-state index in [9.17, 15) is 4.79 Å². The molecule has 1 fully saturated rings. The molecule has 118 valence electrons. The fourth-order valence-corrected chi connectivity index (χ4v) is 3.47. The molecule has 1 saturated carbocycles. The number of anilines is 1. The molecule has 3 heterocycles. The van der Waals surface area contributed by atoms with Crippen LogP contribution in [0.3, 0.4) is 0 Å². The molecule has 0 bridgehead atoms. The van der Waals surface area contributed by atoms with Gasteiger partial charge in [-0.3, -0.25) is 9.72 Å². The van der Waals surface area contributed by atoms with Crippen molar-refractivity contribution in [3.8, 4) is 0 Å². The van der Waals surface area contributed by atoms with E-state index in [1.165, 1.54) is 0 Å². The number of nitrogens with one attached hydrogen (secondary N) is 2. The molecule has 1 aliphatic rings. The lowest BCUT2D eigenvalue weighted by Gasteiger charge is -2.15.